The van der Waals surface area contributed by atoms with E-state index in [9.17, 15) is 0 Å². The second-order valence-corrected chi connectivity index (χ2v) is 8.53. The van der Waals surface area contributed by atoms with E-state index in [-0.39, 0.29) is 0 Å². The van der Waals surface area contributed by atoms with Crippen molar-refractivity contribution in [3.8, 4) is 5.75 Å². The van der Waals surface area contributed by atoms with Gasteiger partial charge in [-0.25, -0.2) is 4.31 Å². The highest BCUT2D eigenvalue weighted by Gasteiger charge is 2.21. The van der Waals surface area contributed by atoms with E-state index in [1.807, 2.05) is 25.2 Å². The average molecular weight is 437 g/mol. The van der Waals surface area contributed by atoms with Gasteiger partial charge in [0, 0.05) is 49.9 Å². The van der Waals surface area contributed by atoms with Gasteiger partial charge in [-0.05, 0) is 55.3 Å². The summed E-state index contributed by atoms with van der Waals surface area (Å²) >= 11 is 1.78. The quantitative estimate of drug-likeness (QED) is 0.528. The number of rotatable bonds is 7. The molecule has 8 heteroatoms. The maximum absolute atomic E-state index is 5.24. The summed E-state index contributed by atoms with van der Waals surface area (Å²) in [5.41, 5.74) is 2.24. The SMILES string of the molecule is CNc1cc(Nc2ccc(C)cc2)nc(N2CCN(Sc3ccc(OC)cc3)CC2)n1. The van der Waals surface area contributed by atoms with Crippen LogP contribution in [0.15, 0.2) is 59.5 Å². The fourth-order valence-electron chi connectivity index (χ4n) is 3.32. The van der Waals surface area contributed by atoms with Gasteiger partial charge in [-0.3, -0.25) is 0 Å². The van der Waals surface area contributed by atoms with Crippen LogP contribution in [-0.2, 0) is 0 Å². The Balaban J connectivity index is 1.40. The van der Waals surface area contributed by atoms with E-state index < -0.39 is 0 Å². The summed E-state index contributed by atoms with van der Waals surface area (Å²) in [6.45, 7) is 5.70. The van der Waals surface area contributed by atoms with E-state index >= 15 is 0 Å². The second-order valence-electron chi connectivity index (χ2n) is 7.36. The molecule has 0 spiro atoms. The van der Waals surface area contributed by atoms with Crippen LogP contribution in [0.25, 0.3) is 0 Å². The van der Waals surface area contributed by atoms with Gasteiger partial charge in [-0.15, -0.1) is 0 Å². The monoisotopic (exact) mass is 436 g/mol. The predicted octanol–water partition coefficient (Wildman–Crippen LogP) is 4.41. The highest BCUT2D eigenvalue weighted by atomic mass is 32.2. The van der Waals surface area contributed by atoms with Crippen LogP contribution >= 0.6 is 11.9 Å². The summed E-state index contributed by atoms with van der Waals surface area (Å²) < 4.78 is 7.62. The Morgan fingerprint density at radius 1 is 0.903 bits per heavy atom. The van der Waals surface area contributed by atoms with Crippen LogP contribution in [-0.4, -0.2) is 54.6 Å². The number of methoxy groups -OCH3 is 1. The Hall–Kier alpha value is -2.97. The predicted molar refractivity (Wildman–Crippen MR) is 129 cm³/mol. The average Bonchev–Trinajstić information content (AvgIpc) is 2.81. The Kier molecular flexibility index (Phi) is 6.79. The smallest absolute Gasteiger partial charge is 0.229 e. The molecule has 0 atom stereocenters. The van der Waals surface area contributed by atoms with Gasteiger partial charge in [0.05, 0.1) is 7.11 Å². The van der Waals surface area contributed by atoms with Crippen LogP contribution in [0.1, 0.15) is 5.56 Å². The summed E-state index contributed by atoms with van der Waals surface area (Å²) in [5.74, 6) is 3.21. The Labute approximate surface area is 188 Å². The number of hydrogen-bond donors (Lipinski definition) is 2. The molecular weight excluding hydrogens is 408 g/mol. The van der Waals surface area contributed by atoms with Crippen molar-refractivity contribution in [3.63, 3.8) is 0 Å². The van der Waals surface area contributed by atoms with Crippen LogP contribution in [0.3, 0.4) is 0 Å². The lowest BCUT2D eigenvalue weighted by Gasteiger charge is -2.34. The molecule has 7 nitrogen and oxygen atoms in total. The van der Waals surface area contributed by atoms with Gasteiger partial charge in [0.25, 0.3) is 0 Å². The van der Waals surface area contributed by atoms with Crippen molar-refractivity contribution in [2.24, 2.45) is 0 Å². The minimum Gasteiger partial charge on any atom is -0.497 e. The molecule has 1 saturated heterocycles. The lowest BCUT2D eigenvalue weighted by Crippen LogP contribution is -2.44. The number of nitrogens with zero attached hydrogens (tertiary/aromatic N) is 4. The molecular formula is C23H28N6OS. The number of nitrogens with one attached hydrogen (secondary N) is 2. The van der Waals surface area contributed by atoms with Gasteiger partial charge in [0.1, 0.15) is 17.4 Å². The summed E-state index contributed by atoms with van der Waals surface area (Å²) in [4.78, 5) is 12.9. The van der Waals surface area contributed by atoms with Gasteiger partial charge >= 0.3 is 0 Å². The number of aromatic nitrogens is 2. The van der Waals surface area contributed by atoms with Crippen LogP contribution in [0, 0.1) is 6.92 Å². The van der Waals surface area contributed by atoms with Crippen LogP contribution in [0.4, 0.5) is 23.3 Å². The molecule has 1 aromatic heterocycles. The Bertz CT molecular complexity index is 988. The molecule has 4 rings (SSSR count). The summed E-state index contributed by atoms with van der Waals surface area (Å²) in [7, 11) is 3.57. The molecule has 0 unspecified atom stereocenters. The van der Waals surface area contributed by atoms with Crippen molar-refractivity contribution >= 4 is 35.2 Å². The Morgan fingerprint density at radius 3 is 2.23 bits per heavy atom. The van der Waals surface area contributed by atoms with Crippen molar-refractivity contribution in [1.29, 1.82) is 0 Å². The number of hydrogen-bond acceptors (Lipinski definition) is 8. The zero-order chi connectivity index (χ0) is 21.6. The topological polar surface area (TPSA) is 65.6 Å². The molecule has 0 bridgehead atoms. The summed E-state index contributed by atoms with van der Waals surface area (Å²) in [5, 5.41) is 6.54. The van der Waals surface area contributed by atoms with Crippen molar-refractivity contribution < 1.29 is 4.74 Å². The third-order valence-corrected chi connectivity index (χ3v) is 6.22. The van der Waals surface area contributed by atoms with Gasteiger partial charge in [-0.2, -0.15) is 9.97 Å². The maximum atomic E-state index is 5.24. The zero-order valence-corrected chi connectivity index (χ0v) is 18.9. The number of benzene rings is 2. The fraction of sp³-hybridized carbons (Fsp3) is 0.304. The second kappa shape index (κ2) is 9.89. The lowest BCUT2D eigenvalue weighted by molar-refractivity contribution is 0.414. The fourth-order valence-corrected chi connectivity index (χ4v) is 4.22. The molecule has 0 radical (unpaired) electrons. The number of aryl methyl sites for hydroxylation is 1. The molecule has 0 aliphatic carbocycles. The largest absolute Gasteiger partial charge is 0.497 e. The van der Waals surface area contributed by atoms with E-state index in [2.05, 4.69) is 68.1 Å². The molecule has 0 amide bonds. The van der Waals surface area contributed by atoms with Gasteiger partial charge < -0.3 is 20.3 Å². The first kappa shape index (κ1) is 21.3. The maximum Gasteiger partial charge on any atom is 0.229 e. The zero-order valence-electron chi connectivity index (χ0n) is 18.1. The first-order chi connectivity index (χ1) is 15.1. The molecule has 31 heavy (non-hydrogen) atoms. The van der Waals surface area contributed by atoms with Gasteiger partial charge in [0.15, 0.2) is 0 Å². The lowest BCUT2D eigenvalue weighted by atomic mass is 10.2. The van der Waals surface area contributed by atoms with Crippen molar-refractivity contribution in [3.05, 3.63) is 60.2 Å². The van der Waals surface area contributed by atoms with E-state index in [1.54, 1.807) is 19.1 Å². The molecule has 1 fully saturated rings. The first-order valence-corrected chi connectivity index (χ1v) is 11.1. The third kappa shape index (κ3) is 5.59. The number of anilines is 4. The third-order valence-electron chi connectivity index (χ3n) is 5.11. The van der Waals surface area contributed by atoms with Crippen LogP contribution in [0.2, 0.25) is 0 Å². The van der Waals surface area contributed by atoms with Gasteiger partial charge in [-0.1, -0.05) is 17.7 Å². The highest BCUT2D eigenvalue weighted by Crippen LogP contribution is 2.27. The first-order valence-electron chi connectivity index (χ1n) is 10.4. The molecule has 3 aromatic rings. The minimum absolute atomic E-state index is 0.746. The molecule has 2 heterocycles. The summed E-state index contributed by atoms with van der Waals surface area (Å²) in [6.07, 6.45) is 0. The molecule has 162 valence electrons. The highest BCUT2D eigenvalue weighted by molar-refractivity contribution is 7.97. The van der Waals surface area contributed by atoms with Crippen molar-refractivity contribution in [2.75, 3.05) is 55.9 Å². The summed E-state index contributed by atoms with van der Waals surface area (Å²) in [6, 6.07) is 18.4. The molecule has 2 aromatic carbocycles. The normalized spacial score (nSPS) is 14.4. The standard InChI is InChI=1S/C23H28N6OS/c1-17-4-6-18(7-5-17)25-22-16-21(24-2)26-23(27-22)28-12-14-29(15-13-28)31-20-10-8-19(30-3)9-11-20/h4-11,16H,12-15H2,1-3H3,(H2,24,25,26,27). The minimum atomic E-state index is 0.746. The van der Waals surface area contributed by atoms with E-state index in [0.717, 1.165) is 55.2 Å². The van der Waals surface area contributed by atoms with E-state index in [4.69, 9.17) is 9.72 Å². The van der Waals surface area contributed by atoms with Gasteiger partial charge in [0.2, 0.25) is 5.95 Å². The van der Waals surface area contributed by atoms with E-state index in [0.29, 0.717) is 0 Å². The van der Waals surface area contributed by atoms with E-state index in [1.165, 1.54) is 10.5 Å². The Morgan fingerprint density at radius 2 is 1.58 bits per heavy atom. The number of piperazine rings is 1. The molecule has 1 aliphatic heterocycles. The number of ether oxygens (including phenoxy) is 1. The van der Waals surface area contributed by atoms with Crippen molar-refractivity contribution in [2.45, 2.75) is 11.8 Å². The molecule has 2 N–H and O–H groups in total. The molecule has 0 saturated carbocycles. The van der Waals surface area contributed by atoms with Crippen molar-refractivity contribution in [1.82, 2.24) is 14.3 Å². The molecule has 1 aliphatic rings. The van der Waals surface area contributed by atoms with Crippen LogP contribution < -0.4 is 20.3 Å². The van der Waals surface area contributed by atoms with Crippen LogP contribution in [0.5, 0.6) is 5.75 Å².